The molecule has 31 nitrogen and oxygen atoms in total. The van der Waals surface area contributed by atoms with Crippen LogP contribution in [0.15, 0.2) is 12.3 Å². The van der Waals surface area contributed by atoms with Gasteiger partial charge in [0.2, 0.25) is 8.32 Å². The van der Waals surface area contributed by atoms with Crippen molar-refractivity contribution in [2.24, 2.45) is 0 Å². The Morgan fingerprint density at radius 3 is 0.262 bits per heavy atom. The molecule has 0 heterocycles. The van der Waals surface area contributed by atoms with Gasteiger partial charge < -0.3 is 129 Å². The van der Waals surface area contributed by atoms with Crippen molar-refractivity contribution in [3.63, 3.8) is 0 Å². The van der Waals surface area contributed by atoms with Crippen molar-refractivity contribution in [2.75, 3.05) is 0 Å². The quantitative estimate of drug-likeness (QED) is 0.0534. The predicted molar refractivity (Wildman–Crippen MR) is 589 cm³/mol. The van der Waals surface area contributed by atoms with Crippen LogP contribution in [0.25, 0.3) is 0 Å². The number of hydrogen-bond donors (Lipinski definition) is 2. The van der Waals surface area contributed by atoms with Crippen LogP contribution in [0, 0.1) is 0 Å². The molecule has 0 atom stereocenters. The van der Waals surface area contributed by atoms with Gasteiger partial charge in [-0.3, -0.25) is 0 Å². The van der Waals surface area contributed by atoms with Gasteiger partial charge in [0.05, 0.1) is 0 Å². The lowest BCUT2D eigenvalue weighted by Gasteiger charge is -2.45. The van der Waals surface area contributed by atoms with Gasteiger partial charge >= 0.3 is 248 Å². The Hall–Kier alpha value is 5.22. The summed E-state index contributed by atoms with van der Waals surface area (Å²) >= 11 is 0. The summed E-state index contributed by atoms with van der Waals surface area (Å²) in [5.41, 5.74) is 1.63. The van der Waals surface area contributed by atoms with Crippen LogP contribution in [0.3, 0.4) is 0 Å². The van der Waals surface area contributed by atoms with Crippen LogP contribution in [0.5, 0.6) is 0 Å². The van der Waals surface area contributed by atoms with Crippen LogP contribution in [0.2, 0.25) is 406 Å². The molecule has 0 saturated heterocycles. The predicted octanol–water partition coefficient (Wildman–Crippen LogP) is 21.7. The molecule has 0 unspecified atom stereocenters. The van der Waals surface area contributed by atoms with Gasteiger partial charge in [0, 0.05) is 0 Å². The maximum Gasteiger partial charge on any atom is 0.320 e. The lowest BCUT2D eigenvalue weighted by atomic mass is 11.3. The van der Waals surface area contributed by atoms with Crippen LogP contribution in [0.4, 0.5) is 0 Å². The Bertz CT molecular complexity index is 3280. The van der Waals surface area contributed by atoms with Crippen molar-refractivity contribution < 1.29 is 129 Å². The lowest BCUT2D eigenvalue weighted by molar-refractivity contribution is 0.242. The second kappa shape index (κ2) is 45.7. The minimum atomic E-state index is -2.94. The van der Waals surface area contributed by atoms with E-state index in [0.717, 1.165) is 0 Å². The van der Waals surface area contributed by atoms with Gasteiger partial charge in [0.1, 0.15) is 0 Å². The van der Waals surface area contributed by atoms with Crippen LogP contribution < -0.4 is 0 Å². The molecular formula is C64H192O31Si31. The molecule has 0 fully saturated rings. The second-order valence-corrected chi connectivity index (χ2v) is 157. The summed E-state index contributed by atoms with van der Waals surface area (Å²) in [6.45, 7) is 129. The fourth-order valence-corrected chi connectivity index (χ4v) is 170. The summed E-state index contributed by atoms with van der Waals surface area (Å²) in [5.74, 6) is 0. The SMILES string of the molecule is C=C[Si](C)(C)O.C[SiH](C)O[Si](C)(C)O[Si](C)(C)O[Si](C)(C)O[Si](C)(C)O[Si](C)(C)O[Si](C)(C)O[Si](C)(C)O[Si](C)(C)O[Si](C)(C)O[Si](C)(C)O[Si](C)(C)O[Si](C)(C)O[Si](C)(C)O[Si](C)(C)O[Si](C)(C)O[Si](C)(C)O[Si](C)(C)O[Si](C)(C)O[Si](C)(C)O[Si](C)(C)O[Si](C)(C)O[Si](C)(C)O[Si](C)(C)O[Si](C)(C)O[Si](C)(C)O[Si](C)(C)O[Si](C)(C)O[Si](C)(C)O[Si](C)(C)O. The molecule has 0 bridgehead atoms. The minimum absolute atomic E-state index is 1.29. The average Bonchev–Trinajstić information content (AvgIpc) is 0.802. The second-order valence-electron chi connectivity index (χ2n) is 46.5. The fraction of sp³-hybridized carbons (Fsp3) is 0.969. The van der Waals surface area contributed by atoms with Crippen molar-refractivity contribution in [3.8, 4) is 0 Å². The van der Waals surface area contributed by atoms with E-state index in [-0.39, 0.29) is 0 Å². The van der Waals surface area contributed by atoms with E-state index in [4.69, 9.17) is 124 Å². The zero-order valence-electron chi connectivity index (χ0n) is 91.6. The van der Waals surface area contributed by atoms with Crippen molar-refractivity contribution in [1.82, 2.24) is 0 Å². The molecule has 2 N–H and O–H groups in total. The summed E-state index contributed by atoms with van der Waals surface area (Å²) in [6.07, 6.45) is 0. The zero-order valence-corrected chi connectivity index (χ0v) is 123. The molecular weight excluding hydrogens is 2140 g/mol. The third kappa shape index (κ3) is 64.7. The maximum atomic E-state index is 10.5. The minimum Gasteiger partial charge on any atom is -0.440 e. The monoisotopic (exact) mass is 2320 g/mol. The van der Waals surface area contributed by atoms with Crippen LogP contribution in [-0.2, 0) is 119 Å². The normalized spacial score (nSPS) is 16.0. The number of hydrogen-bond acceptors (Lipinski definition) is 31. The molecule has 0 spiro atoms. The first-order valence-electron chi connectivity index (χ1n) is 44.2. The molecule has 758 valence electrons. The van der Waals surface area contributed by atoms with E-state index in [0.29, 0.717) is 0 Å². The fourth-order valence-electron chi connectivity index (χ4n) is 17.7. The first-order valence-corrected chi connectivity index (χ1v) is 132. The molecule has 0 saturated carbocycles. The van der Waals surface area contributed by atoms with E-state index in [1.807, 2.05) is 196 Å². The van der Waals surface area contributed by atoms with E-state index in [9.17, 15) is 4.80 Å². The summed E-state index contributed by atoms with van der Waals surface area (Å²) in [6, 6.07) is 0. The van der Waals surface area contributed by atoms with Crippen LogP contribution in [-0.4, -0.2) is 275 Å². The van der Waals surface area contributed by atoms with Crippen molar-refractivity contribution in [1.29, 1.82) is 0 Å². The van der Waals surface area contributed by atoms with E-state index in [1.165, 1.54) is 0 Å². The van der Waals surface area contributed by atoms with Gasteiger partial charge in [-0.15, -0.1) is 6.58 Å². The van der Waals surface area contributed by atoms with Crippen LogP contribution >= 0.6 is 0 Å². The molecule has 0 aliphatic rings. The molecule has 0 radical (unpaired) electrons. The Labute approximate surface area is 805 Å². The number of rotatable bonds is 59. The highest BCUT2D eigenvalue weighted by molar-refractivity contribution is 6.99. The summed E-state index contributed by atoms with van der Waals surface area (Å²) in [4.78, 5) is 19.4. The molecule has 0 aliphatic heterocycles. The molecule has 126 heavy (non-hydrogen) atoms. The van der Waals surface area contributed by atoms with Gasteiger partial charge in [0.25, 0.3) is 0 Å². The molecule has 0 aromatic heterocycles. The van der Waals surface area contributed by atoms with Gasteiger partial charge in [-0.2, -0.15) is 0 Å². The maximum absolute atomic E-state index is 10.5. The van der Waals surface area contributed by atoms with Gasteiger partial charge in [-0.25, -0.2) is 0 Å². The molecule has 0 aromatic carbocycles. The Morgan fingerprint density at radius 2 is 0.206 bits per heavy atom. The van der Waals surface area contributed by atoms with Crippen LogP contribution in [0.1, 0.15) is 0 Å². The molecule has 0 amide bonds. The lowest BCUT2D eigenvalue weighted by Crippen LogP contribution is -2.63. The third-order valence-electron chi connectivity index (χ3n) is 14.8. The highest BCUT2D eigenvalue weighted by Gasteiger charge is 2.58. The Balaban J connectivity index is 0. The standard InChI is InChI=1S/C60H182O30Si30.C4H10OSi/c1-91(2)62-93(5,6)64-95(9,10)66-97(13,14)68-99(17,18)70-101(21,22)72-103(25,26)74-105(29,30)76-107(33,34)78-109(37,38)80-111(41,42)82-113(45,46)84-115(49,50)86-117(53,54)88-119(57,58)90-120(59,60)89-118(55,56)87-116(51,52)85-114(47,48)83-112(43,44)81-110(39,40)79-108(35,36)77-106(31,32)75-104(27,28)73-102(23,24)71-100(19,20)69-98(15,16)67-96(11,12)65-94(7,8)63-92(3,4)61;1-4-6(2,3)5/h61,91H,1-60H3;4-5H,1H2,2-3H3. The first kappa shape index (κ1) is 133. The largest absolute Gasteiger partial charge is 0.440 e. The third-order valence-corrected chi connectivity index (χ3v) is 130. The van der Waals surface area contributed by atoms with E-state index in [1.54, 1.807) is 18.8 Å². The van der Waals surface area contributed by atoms with E-state index in [2.05, 4.69) is 203 Å². The van der Waals surface area contributed by atoms with Gasteiger partial charge in [0.15, 0.2) is 9.04 Å². The average molecular weight is 2330 g/mol. The van der Waals surface area contributed by atoms with Gasteiger partial charge in [-0.1, -0.05) is 5.70 Å². The Kier molecular flexibility index (Phi) is 48.3. The zero-order chi connectivity index (χ0) is 102. The molecule has 62 heteroatoms. The smallest absolute Gasteiger partial charge is 0.320 e. The summed E-state index contributed by atoms with van der Waals surface area (Å²) < 4.78 is 199. The first-order chi connectivity index (χ1) is 53.8. The van der Waals surface area contributed by atoms with E-state index >= 15 is 0 Å². The van der Waals surface area contributed by atoms with Gasteiger partial charge in [-0.05, 0) is 406 Å². The molecule has 0 rings (SSSR count). The molecule has 0 aromatic rings. The summed E-state index contributed by atoms with van der Waals surface area (Å²) in [7, 11) is -85.7. The molecule has 0 aliphatic carbocycles. The highest BCUT2D eigenvalue weighted by Crippen LogP contribution is 2.38. The Morgan fingerprint density at radius 1 is 0.143 bits per heavy atom. The summed E-state index contributed by atoms with van der Waals surface area (Å²) in [5, 5.41) is 0. The van der Waals surface area contributed by atoms with Crippen molar-refractivity contribution in [2.45, 2.75) is 406 Å². The topological polar surface area (TPSA) is 308 Å². The van der Waals surface area contributed by atoms with Crippen molar-refractivity contribution in [3.05, 3.63) is 12.3 Å². The van der Waals surface area contributed by atoms with Crippen molar-refractivity contribution >= 4 is 266 Å². The van der Waals surface area contributed by atoms with E-state index < -0.39 is 266 Å². The highest BCUT2D eigenvalue weighted by atomic mass is 28.6.